The first-order chi connectivity index (χ1) is 10.2. The Hall–Kier alpha value is -2.24. The second-order valence-electron chi connectivity index (χ2n) is 4.86. The molecule has 0 aliphatic carbocycles. The molecule has 0 unspecified atom stereocenters. The van der Waals surface area contributed by atoms with E-state index in [1.807, 2.05) is 11.9 Å². The molecule has 21 heavy (non-hydrogen) atoms. The highest BCUT2D eigenvalue weighted by molar-refractivity contribution is 5.39. The van der Waals surface area contributed by atoms with Crippen LogP contribution in [-0.2, 0) is 6.54 Å². The van der Waals surface area contributed by atoms with Gasteiger partial charge in [-0.1, -0.05) is 31.5 Å². The van der Waals surface area contributed by atoms with Gasteiger partial charge in [-0.25, -0.2) is 4.39 Å². The predicted molar refractivity (Wildman–Crippen MR) is 81.7 cm³/mol. The zero-order valence-electron chi connectivity index (χ0n) is 12.4. The number of hydrogen-bond acceptors (Lipinski definition) is 5. The van der Waals surface area contributed by atoms with Gasteiger partial charge in [0.15, 0.2) is 5.82 Å². The van der Waals surface area contributed by atoms with Crippen LogP contribution in [0.3, 0.4) is 0 Å². The lowest BCUT2D eigenvalue weighted by atomic mass is 10.2. The van der Waals surface area contributed by atoms with Gasteiger partial charge in [-0.15, -0.1) is 5.10 Å². The van der Waals surface area contributed by atoms with E-state index in [1.54, 1.807) is 24.4 Å². The zero-order valence-corrected chi connectivity index (χ0v) is 12.4. The molecule has 112 valence electrons. The SMILES string of the molecule is CCCCN(C)c1cnnc(NCc2ccccc2F)n1. The minimum Gasteiger partial charge on any atom is -0.358 e. The Labute approximate surface area is 124 Å². The molecule has 1 heterocycles. The number of nitrogens with one attached hydrogen (secondary N) is 1. The van der Waals surface area contributed by atoms with Gasteiger partial charge in [0, 0.05) is 25.7 Å². The molecule has 2 aromatic rings. The summed E-state index contributed by atoms with van der Waals surface area (Å²) in [6, 6.07) is 6.63. The van der Waals surface area contributed by atoms with Gasteiger partial charge in [0.1, 0.15) is 5.82 Å². The Kier molecular flexibility index (Phi) is 5.43. The average Bonchev–Trinajstić information content (AvgIpc) is 2.52. The van der Waals surface area contributed by atoms with Gasteiger partial charge in [-0.3, -0.25) is 0 Å². The van der Waals surface area contributed by atoms with E-state index >= 15 is 0 Å². The third-order valence-electron chi connectivity index (χ3n) is 3.18. The number of nitrogens with zero attached hydrogens (tertiary/aromatic N) is 4. The lowest BCUT2D eigenvalue weighted by molar-refractivity contribution is 0.612. The highest BCUT2D eigenvalue weighted by atomic mass is 19.1. The topological polar surface area (TPSA) is 53.9 Å². The lowest BCUT2D eigenvalue weighted by Crippen LogP contribution is -2.20. The van der Waals surface area contributed by atoms with Gasteiger partial charge in [0.05, 0.1) is 6.20 Å². The molecular weight excluding hydrogens is 269 g/mol. The molecule has 1 N–H and O–H groups in total. The van der Waals surface area contributed by atoms with Crippen LogP contribution in [0.25, 0.3) is 0 Å². The van der Waals surface area contributed by atoms with Crippen LogP contribution in [0.2, 0.25) is 0 Å². The summed E-state index contributed by atoms with van der Waals surface area (Å²) in [6.07, 6.45) is 3.85. The minimum absolute atomic E-state index is 0.242. The molecule has 0 spiro atoms. The molecule has 0 fully saturated rings. The summed E-state index contributed by atoms with van der Waals surface area (Å²) in [5.74, 6) is 0.919. The number of anilines is 2. The Bertz CT molecular complexity index is 575. The van der Waals surface area contributed by atoms with Crippen LogP contribution in [0.5, 0.6) is 0 Å². The molecule has 1 aromatic heterocycles. The van der Waals surface area contributed by atoms with Crippen molar-refractivity contribution in [2.75, 3.05) is 23.8 Å². The summed E-state index contributed by atoms with van der Waals surface area (Å²) < 4.78 is 13.5. The van der Waals surface area contributed by atoms with Crippen molar-refractivity contribution in [3.8, 4) is 0 Å². The number of halogens is 1. The second kappa shape index (κ2) is 7.52. The fourth-order valence-corrected chi connectivity index (χ4v) is 1.88. The molecule has 0 aliphatic rings. The highest BCUT2D eigenvalue weighted by Gasteiger charge is 2.06. The Balaban J connectivity index is 1.99. The molecule has 0 atom stereocenters. The van der Waals surface area contributed by atoms with Crippen molar-refractivity contribution in [2.45, 2.75) is 26.3 Å². The third kappa shape index (κ3) is 4.37. The fourth-order valence-electron chi connectivity index (χ4n) is 1.88. The van der Waals surface area contributed by atoms with Gasteiger partial charge in [0.2, 0.25) is 5.95 Å². The van der Waals surface area contributed by atoms with Crippen LogP contribution in [-0.4, -0.2) is 28.8 Å². The molecule has 0 saturated heterocycles. The minimum atomic E-state index is -0.242. The van der Waals surface area contributed by atoms with E-state index in [2.05, 4.69) is 27.4 Å². The summed E-state index contributed by atoms with van der Waals surface area (Å²) in [4.78, 5) is 6.42. The van der Waals surface area contributed by atoms with E-state index < -0.39 is 0 Å². The molecule has 2 rings (SSSR count). The molecule has 0 bridgehead atoms. The zero-order chi connectivity index (χ0) is 15.1. The molecule has 0 saturated carbocycles. The molecule has 5 nitrogen and oxygen atoms in total. The second-order valence-corrected chi connectivity index (χ2v) is 4.86. The monoisotopic (exact) mass is 289 g/mol. The van der Waals surface area contributed by atoms with Gasteiger partial charge in [-0.05, 0) is 12.5 Å². The summed E-state index contributed by atoms with van der Waals surface area (Å²) >= 11 is 0. The van der Waals surface area contributed by atoms with Crippen LogP contribution in [0.4, 0.5) is 16.2 Å². The quantitative estimate of drug-likeness (QED) is 0.849. The maximum absolute atomic E-state index is 13.5. The van der Waals surface area contributed by atoms with Crippen molar-refractivity contribution in [1.29, 1.82) is 0 Å². The molecule has 0 amide bonds. The first-order valence-corrected chi connectivity index (χ1v) is 7.09. The van der Waals surface area contributed by atoms with Crippen LogP contribution >= 0.6 is 0 Å². The summed E-state index contributed by atoms with van der Waals surface area (Å²) in [7, 11) is 1.97. The largest absolute Gasteiger partial charge is 0.358 e. The van der Waals surface area contributed by atoms with Crippen molar-refractivity contribution in [1.82, 2.24) is 15.2 Å². The van der Waals surface area contributed by atoms with Crippen molar-refractivity contribution >= 4 is 11.8 Å². The van der Waals surface area contributed by atoms with E-state index in [0.717, 1.165) is 25.2 Å². The summed E-state index contributed by atoms with van der Waals surface area (Å²) in [5, 5.41) is 10.9. The maximum atomic E-state index is 13.5. The van der Waals surface area contributed by atoms with Crippen LogP contribution in [0.15, 0.2) is 30.5 Å². The van der Waals surface area contributed by atoms with Crippen molar-refractivity contribution in [3.05, 3.63) is 41.8 Å². The number of aromatic nitrogens is 3. The van der Waals surface area contributed by atoms with Crippen LogP contribution < -0.4 is 10.2 Å². The number of hydrogen-bond donors (Lipinski definition) is 1. The number of benzene rings is 1. The van der Waals surface area contributed by atoms with E-state index in [0.29, 0.717) is 18.1 Å². The first kappa shape index (κ1) is 15.2. The number of rotatable bonds is 7. The third-order valence-corrected chi connectivity index (χ3v) is 3.18. The summed E-state index contributed by atoms with van der Waals surface area (Å²) in [6.45, 7) is 3.39. The molecule has 6 heteroatoms. The van der Waals surface area contributed by atoms with E-state index in [-0.39, 0.29) is 5.82 Å². The first-order valence-electron chi connectivity index (χ1n) is 7.09. The molecular formula is C15H20FN5. The summed E-state index contributed by atoms with van der Waals surface area (Å²) in [5.41, 5.74) is 0.575. The normalized spacial score (nSPS) is 10.4. The maximum Gasteiger partial charge on any atom is 0.244 e. The Morgan fingerprint density at radius 3 is 2.86 bits per heavy atom. The van der Waals surface area contributed by atoms with E-state index in [9.17, 15) is 4.39 Å². The highest BCUT2D eigenvalue weighted by Crippen LogP contribution is 2.12. The Morgan fingerprint density at radius 1 is 1.29 bits per heavy atom. The van der Waals surface area contributed by atoms with Gasteiger partial charge in [-0.2, -0.15) is 10.1 Å². The Morgan fingerprint density at radius 2 is 2.10 bits per heavy atom. The van der Waals surface area contributed by atoms with Gasteiger partial charge >= 0.3 is 0 Å². The average molecular weight is 289 g/mol. The van der Waals surface area contributed by atoms with Crippen LogP contribution in [0.1, 0.15) is 25.3 Å². The van der Waals surface area contributed by atoms with Crippen molar-refractivity contribution in [2.24, 2.45) is 0 Å². The van der Waals surface area contributed by atoms with E-state index in [4.69, 9.17) is 0 Å². The number of unbranched alkanes of at least 4 members (excludes halogenated alkanes) is 1. The molecule has 0 radical (unpaired) electrons. The van der Waals surface area contributed by atoms with Gasteiger partial charge in [0.25, 0.3) is 0 Å². The fraction of sp³-hybridized carbons (Fsp3) is 0.400. The van der Waals surface area contributed by atoms with E-state index in [1.165, 1.54) is 6.07 Å². The standard InChI is InChI=1S/C15H20FN5/c1-3-4-9-21(2)14-11-18-20-15(19-14)17-10-12-7-5-6-8-13(12)16/h5-8,11H,3-4,9-10H2,1-2H3,(H,17,19,20). The smallest absolute Gasteiger partial charge is 0.244 e. The molecule has 0 aliphatic heterocycles. The van der Waals surface area contributed by atoms with Crippen LogP contribution in [0, 0.1) is 5.82 Å². The molecule has 1 aromatic carbocycles. The van der Waals surface area contributed by atoms with Gasteiger partial charge < -0.3 is 10.2 Å². The van der Waals surface area contributed by atoms with Crippen molar-refractivity contribution < 1.29 is 4.39 Å². The van der Waals surface area contributed by atoms with Crippen molar-refractivity contribution in [3.63, 3.8) is 0 Å². The predicted octanol–water partition coefficient (Wildman–Crippen LogP) is 2.86. The lowest BCUT2D eigenvalue weighted by Gasteiger charge is -2.17.